The molecule has 92 valence electrons. The lowest BCUT2D eigenvalue weighted by Crippen LogP contribution is -2.05. The van der Waals surface area contributed by atoms with Crippen LogP contribution in [0.3, 0.4) is 0 Å². The van der Waals surface area contributed by atoms with Crippen molar-refractivity contribution in [3.05, 3.63) is 11.6 Å². The largest absolute Gasteiger partial charge is 0.396 e. The smallest absolute Gasteiger partial charge is 0.150 e. The molecule has 4 heteroatoms. The molecule has 0 radical (unpaired) electrons. The fourth-order valence-electron chi connectivity index (χ4n) is 1.74. The maximum Gasteiger partial charge on any atom is 0.150 e. The Morgan fingerprint density at radius 3 is 2.44 bits per heavy atom. The summed E-state index contributed by atoms with van der Waals surface area (Å²) in [7, 11) is 0. The number of unbranched alkanes of at least 4 members (excludes halogenated alkanes) is 3. The molecule has 1 aromatic rings. The van der Waals surface area contributed by atoms with Crippen LogP contribution in [0.15, 0.2) is 0 Å². The van der Waals surface area contributed by atoms with Gasteiger partial charge in [-0.2, -0.15) is 5.10 Å². The van der Waals surface area contributed by atoms with Crippen LogP contribution in [0, 0.1) is 0 Å². The minimum Gasteiger partial charge on any atom is -0.396 e. The van der Waals surface area contributed by atoms with Crippen LogP contribution in [-0.4, -0.2) is 26.5 Å². The van der Waals surface area contributed by atoms with Gasteiger partial charge in [0, 0.05) is 26.0 Å². The summed E-state index contributed by atoms with van der Waals surface area (Å²) in [4.78, 5) is 4.47. The SMILES string of the molecule is CCc1nc(CC)n(CCCCCCO)n1. The van der Waals surface area contributed by atoms with E-state index in [1.54, 1.807) is 0 Å². The maximum absolute atomic E-state index is 8.67. The van der Waals surface area contributed by atoms with E-state index in [0.717, 1.165) is 56.7 Å². The van der Waals surface area contributed by atoms with Gasteiger partial charge in [0.2, 0.25) is 0 Å². The lowest BCUT2D eigenvalue weighted by Gasteiger charge is -2.03. The average molecular weight is 225 g/mol. The molecule has 0 saturated carbocycles. The van der Waals surface area contributed by atoms with Gasteiger partial charge >= 0.3 is 0 Å². The van der Waals surface area contributed by atoms with Gasteiger partial charge in [-0.1, -0.05) is 26.7 Å². The molecule has 0 atom stereocenters. The summed E-state index contributed by atoms with van der Waals surface area (Å²) < 4.78 is 2.04. The van der Waals surface area contributed by atoms with Crippen LogP contribution in [-0.2, 0) is 19.4 Å². The van der Waals surface area contributed by atoms with Crippen LogP contribution in [0.2, 0.25) is 0 Å². The molecule has 0 bridgehead atoms. The maximum atomic E-state index is 8.67. The molecule has 0 aliphatic heterocycles. The van der Waals surface area contributed by atoms with Crippen LogP contribution >= 0.6 is 0 Å². The van der Waals surface area contributed by atoms with E-state index in [4.69, 9.17) is 5.11 Å². The van der Waals surface area contributed by atoms with Gasteiger partial charge in [-0.25, -0.2) is 9.67 Å². The number of hydrogen-bond donors (Lipinski definition) is 1. The van der Waals surface area contributed by atoms with E-state index in [0.29, 0.717) is 6.61 Å². The number of aliphatic hydroxyl groups is 1. The number of aryl methyl sites for hydroxylation is 3. The van der Waals surface area contributed by atoms with Crippen LogP contribution in [0.5, 0.6) is 0 Å². The predicted octanol–water partition coefficient (Wildman–Crippen LogP) is 1.96. The van der Waals surface area contributed by atoms with E-state index in [9.17, 15) is 0 Å². The fraction of sp³-hybridized carbons (Fsp3) is 0.833. The molecular weight excluding hydrogens is 202 g/mol. The summed E-state index contributed by atoms with van der Waals surface area (Å²) in [5.41, 5.74) is 0. The number of nitrogens with zero attached hydrogens (tertiary/aromatic N) is 3. The Balaban J connectivity index is 2.37. The second-order valence-electron chi connectivity index (χ2n) is 4.01. The summed E-state index contributed by atoms with van der Waals surface area (Å²) in [6.07, 6.45) is 6.16. The number of hydrogen-bond acceptors (Lipinski definition) is 3. The molecule has 0 aliphatic rings. The van der Waals surface area contributed by atoms with E-state index < -0.39 is 0 Å². The summed E-state index contributed by atoms with van der Waals surface area (Å²) in [6, 6.07) is 0. The van der Waals surface area contributed by atoms with Gasteiger partial charge in [0.15, 0.2) is 5.82 Å². The van der Waals surface area contributed by atoms with Crippen molar-refractivity contribution < 1.29 is 5.11 Å². The highest BCUT2D eigenvalue weighted by atomic mass is 16.2. The summed E-state index contributed by atoms with van der Waals surface area (Å²) >= 11 is 0. The van der Waals surface area contributed by atoms with Crippen LogP contribution in [0.25, 0.3) is 0 Å². The highest BCUT2D eigenvalue weighted by Gasteiger charge is 2.05. The minimum atomic E-state index is 0.309. The van der Waals surface area contributed by atoms with Gasteiger partial charge < -0.3 is 5.11 Å². The molecule has 0 aromatic carbocycles. The molecule has 1 aromatic heterocycles. The summed E-state index contributed by atoms with van der Waals surface area (Å²) in [5.74, 6) is 2.05. The first kappa shape index (κ1) is 13.2. The van der Waals surface area contributed by atoms with Gasteiger partial charge in [0.25, 0.3) is 0 Å². The quantitative estimate of drug-likeness (QED) is 0.688. The van der Waals surface area contributed by atoms with E-state index in [2.05, 4.69) is 23.9 Å². The second-order valence-corrected chi connectivity index (χ2v) is 4.01. The molecule has 0 fully saturated rings. The highest BCUT2D eigenvalue weighted by Crippen LogP contribution is 2.05. The Morgan fingerprint density at radius 1 is 1.06 bits per heavy atom. The van der Waals surface area contributed by atoms with Crippen molar-refractivity contribution in [2.75, 3.05) is 6.61 Å². The third kappa shape index (κ3) is 3.93. The van der Waals surface area contributed by atoms with Crippen LogP contribution < -0.4 is 0 Å². The first-order valence-electron chi connectivity index (χ1n) is 6.35. The first-order chi connectivity index (χ1) is 7.81. The molecule has 0 saturated heterocycles. The van der Waals surface area contributed by atoms with E-state index >= 15 is 0 Å². The van der Waals surface area contributed by atoms with Crippen LogP contribution in [0.4, 0.5) is 0 Å². The lowest BCUT2D eigenvalue weighted by atomic mass is 10.2. The van der Waals surface area contributed by atoms with Gasteiger partial charge in [-0.05, 0) is 12.8 Å². The number of rotatable bonds is 8. The fourth-order valence-corrected chi connectivity index (χ4v) is 1.74. The van der Waals surface area contributed by atoms with Crippen molar-refractivity contribution in [3.8, 4) is 0 Å². The van der Waals surface area contributed by atoms with E-state index in [-0.39, 0.29) is 0 Å². The van der Waals surface area contributed by atoms with Crippen molar-refractivity contribution in [1.29, 1.82) is 0 Å². The Bertz CT molecular complexity index is 296. The molecular formula is C12H23N3O. The van der Waals surface area contributed by atoms with Crippen molar-refractivity contribution >= 4 is 0 Å². The highest BCUT2D eigenvalue weighted by molar-refractivity contribution is 4.92. The summed E-state index contributed by atoms with van der Waals surface area (Å²) in [6.45, 7) is 5.47. The standard InChI is InChI=1S/C12H23N3O/c1-3-11-13-12(4-2)15(14-11)9-7-5-6-8-10-16/h16H,3-10H2,1-2H3. The molecule has 4 nitrogen and oxygen atoms in total. The topological polar surface area (TPSA) is 50.9 Å². The molecule has 16 heavy (non-hydrogen) atoms. The molecule has 0 aliphatic carbocycles. The normalized spacial score (nSPS) is 10.9. The molecule has 1 N–H and O–H groups in total. The summed E-state index contributed by atoms with van der Waals surface area (Å²) in [5, 5.41) is 13.1. The van der Waals surface area contributed by atoms with Crippen molar-refractivity contribution in [2.45, 2.75) is 58.9 Å². The van der Waals surface area contributed by atoms with Gasteiger partial charge in [-0.15, -0.1) is 0 Å². The second kappa shape index (κ2) is 7.39. The third-order valence-electron chi connectivity index (χ3n) is 2.70. The van der Waals surface area contributed by atoms with Crippen molar-refractivity contribution in [1.82, 2.24) is 14.8 Å². The third-order valence-corrected chi connectivity index (χ3v) is 2.70. The predicted molar refractivity (Wildman–Crippen MR) is 64.3 cm³/mol. The van der Waals surface area contributed by atoms with E-state index in [1.807, 2.05) is 4.68 Å². The number of aliphatic hydroxyl groups excluding tert-OH is 1. The number of aromatic nitrogens is 3. The Labute approximate surface area is 97.7 Å². The van der Waals surface area contributed by atoms with Crippen molar-refractivity contribution in [2.24, 2.45) is 0 Å². The molecule has 1 rings (SSSR count). The monoisotopic (exact) mass is 225 g/mol. The Kier molecular flexibility index (Phi) is 6.08. The molecule has 0 amide bonds. The Morgan fingerprint density at radius 2 is 1.81 bits per heavy atom. The van der Waals surface area contributed by atoms with Crippen LogP contribution in [0.1, 0.15) is 51.2 Å². The minimum absolute atomic E-state index is 0.309. The average Bonchev–Trinajstić information content (AvgIpc) is 2.71. The van der Waals surface area contributed by atoms with Gasteiger partial charge in [0.05, 0.1) is 0 Å². The molecule has 0 spiro atoms. The zero-order valence-corrected chi connectivity index (χ0v) is 10.4. The van der Waals surface area contributed by atoms with E-state index in [1.165, 1.54) is 0 Å². The Hall–Kier alpha value is -0.900. The molecule has 0 unspecified atom stereocenters. The molecule has 1 heterocycles. The van der Waals surface area contributed by atoms with Crippen molar-refractivity contribution in [3.63, 3.8) is 0 Å². The first-order valence-corrected chi connectivity index (χ1v) is 6.35. The zero-order chi connectivity index (χ0) is 11.8. The van der Waals surface area contributed by atoms with Gasteiger partial charge in [0.1, 0.15) is 5.82 Å². The lowest BCUT2D eigenvalue weighted by molar-refractivity contribution is 0.282. The zero-order valence-electron chi connectivity index (χ0n) is 10.4. The van der Waals surface area contributed by atoms with Gasteiger partial charge in [-0.3, -0.25) is 0 Å².